The van der Waals surface area contributed by atoms with Gasteiger partial charge in [-0.15, -0.1) is 0 Å². The lowest BCUT2D eigenvalue weighted by Gasteiger charge is -2.15. The largest absolute Gasteiger partial charge is 0.478 e. The first kappa shape index (κ1) is 16.5. The van der Waals surface area contributed by atoms with E-state index < -0.39 is 12.0 Å². The van der Waals surface area contributed by atoms with Gasteiger partial charge in [0.25, 0.3) is 0 Å². The fourth-order valence-electron chi connectivity index (χ4n) is 1.51. The van der Waals surface area contributed by atoms with E-state index in [4.69, 9.17) is 5.11 Å². The third-order valence-electron chi connectivity index (χ3n) is 2.80. The highest BCUT2D eigenvalue weighted by atomic mass is 79.9. The van der Waals surface area contributed by atoms with Crippen LogP contribution in [0, 0.1) is 0 Å². The first-order chi connectivity index (χ1) is 9.45. The molecule has 0 bridgehead atoms. The van der Waals surface area contributed by atoms with Crippen LogP contribution in [0.1, 0.15) is 17.3 Å². The number of carbonyl (C=O) groups excluding carboxylic acids is 1. The summed E-state index contributed by atoms with van der Waals surface area (Å²) in [6, 6.07) is 4.29. The summed E-state index contributed by atoms with van der Waals surface area (Å²) in [7, 11) is 1.95. The quantitative estimate of drug-likeness (QED) is 0.739. The summed E-state index contributed by atoms with van der Waals surface area (Å²) in [5.74, 6) is -1.09. The number of aromatic carboxylic acids is 1. The minimum absolute atomic E-state index is 0.0419. The van der Waals surface area contributed by atoms with Crippen molar-refractivity contribution in [2.45, 2.75) is 6.92 Å². The predicted octanol–water partition coefficient (Wildman–Crippen LogP) is 2.22. The number of halogens is 1. The number of amides is 2. The molecule has 0 radical (unpaired) electrons. The number of carboxylic acids is 1. The van der Waals surface area contributed by atoms with Crippen LogP contribution in [0.4, 0.5) is 10.5 Å². The van der Waals surface area contributed by atoms with Crippen LogP contribution in [-0.2, 0) is 0 Å². The summed E-state index contributed by atoms with van der Waals surface area (Å²) >= 11 is 3.23. The third-order valence-corrected chi connectivity index (χ3v) is 3.46. The fraction of sp³-hybridized carbons (Fsp3) is 0.385. The Morgan fingerprint density at radius 3 is 2.70 bits per heavy atom. The Morgan fingerprint density at radius 2 is 2.10 bits per heavy atom. The smallest absolute Gasteiger partial charge is 0.337 e. The van der Waals surface area contributed by atoms with Crippen LogP contribution in [-0.4, -0.2) is 48.7 Å². The van der Waals surface area contributed by atoms with E-state index in [0.29, 0.717) is 11.0 Å². The van der Waals surface area contributed by atoms with Gasteiger partial charge in [-0.25, -0.2) is 9.59 Å². The van der Waals surface area contributed by atoms with Gasteiger partial charge in [-0.2, -0.15) is 0 Å². The lowest BCUT2D eigenvalue weighted by Crippen LogP contribution is -2.35. The Kier molecular flexibility index (Phi) is 6.47. The molecule has 3 N–H and O–H groups in total. The third kappa shape index (κ3) is 4.82. The highest BCUT2D eigenvalue weighted by molar-refractivity contribution is 9.10. The average Bonchev–Trinajstić information content (AvgIpc) is 2.40. The van der Waals surface area contributed by atoms with Gasteiger partial charge < -0.3 is 20.6 Å². The molecule has 0 aliphatic heterocycles. The zero-order chi connectivity index (χ0) is 15.1. The Morgan fingerprint density at radius 1 is 1.40 bits per heavy atom. The van der Waals surface area contributed by atoms with Gasteiger partial charge in [0.15, 0.2) is 0 Å². The van der Waals surface area contributed by atoms with E-state index in [-0.39, 0.29) is 11.3 Å². The van der Waals surface area contributed by atoms with E-state index in [9.17, 15) is 9.59 Å². The van der Waals surface area contributed by atoms with Gasteiger partial charge in [-0.05, 0) is 41.7 Å². The van der Waals surface area contributed by atoms with Crippen molar-refractivity contribution in [3.8, 4) is 0 Å². The first-order valence-corrected chi connectivity index (χ1v) is 7.00. The highest BCUT2D eigenvalue weighted by Gasteiger charge is 2.14. The number of likely N-dealkylation sites (N-methyl/N-ethyl adjacent to an activating group) is 1. The van der Waals surface area contributed by atoms with Crippen LogP contribution in [0.25, 0.3) is 0 Å². The molecule has 0 unspecified atom stereocenters. The molecule has 0 fully saturated rings. The molecular weight excluding hydrogens is 326 g/mol. The maximum atomic E-state index is 11.8. The van der Waals surface area contributed by atoms with Crippen molar-refractivity contribution in [3.63, 3.8) is 0 Å². The Hall–Kier alpha value is -1.60. The topological polar surface area (TPSA) is 81.7 Å². The maximum absolute atomic E-state index is 11.8. The molecule has 1 aromatic rings. The van der Waals surface area contributed by atoms with Crippen LogP contribution in [0.15, 0.2) is 22.7 Å². The van der Waals surface area contributed by atoms with Gasteiger partial charge in [0.05, 0.1) is 11.3 Å². The molecule has 0 atom stereocenters. The van der Waals surface area contributed by atoms with Crippen LogP contribution >= 0.6 is 15.9 Å². The monoisotopic (exact) mass is 343 g/mol. The summed E-state index contributed by atoms with van der Waals surface area (Å²) < 4.78 is 0.526. The van der Waals surface area contributed by atoms with Crippen molar-refractivity contribution in [2.24, 2.45) is 0 Å². The average molecular weight is 344 g/mol. The molecule has 6 nitrogen and oxygen atoms in total. The zero-order valence-corrected chi connectivity index (χ0v) is 13.0. The highest BCUT2D eigenvalue weighted by Crippen LogP contribution is 2.26. The Bertz CT molecular complexity index is 494. The van der Waals surface area contributed by atoms with E-state index in [0.717, 1.165) is 13.1 Å². The van der Waals surface area contributed by atoms with Gasteiger partial charge in [0, 0.05) is 17.6 Å². The molecule has 7 heteroatoms. The van der Waals surface area contributed by atoms with E-state index in [1.54, 1.807) is 12.1 Å². The van der Waals surface area contributed by atoms with E-state index in [2.05, 4.69) is 31.5 Å². The van der Waals surface area contributed by atoms with Crippen molar-refractivity contribution in [1.82, 2.24) is 10.2 Å². The lowest BCUT2D eigenvalue weighted by molar-refractivity contribution is 0.0698. The minimum atomic E-state index is -1.09. The Balaban J connectivity index is 2.64. The van der Waals surface area contributed by atoms with Gasteiger partial charge in [-0.3, -0.25) is 0 Å². The minimum Gasteiger partial charge on any atom is -0.478 e. The van der Waals surface area contributed by atoms with Crippen molar-refractivity contribution in [3.05, 3.63) is 28.2 Å². The van der Waals surface area contributed by atoms with Crippen molar-refractivity contribution in [2.75, 3.05) is 32.0 Å². The maximum Gasteiger partial charge on any atom is 0.337 e. The fourth-order valence-corrected chi connectivity index (χ4v) is 1.97. The number of hydrogen-bond donors (Lipinski definition) is 3. The van der Waals surface area contributed by atoms with E-state index in [1.807, 2.05) is 14.0 Å². The van der Waals surface area contributed by atoms with Crippen molar-refractivity contribution in [1.29, 1.82) is 0 Å². The van der Waals surface area contributed by atoms with E-state index in [1.165, 1.54) is 6.07 Å². The molecule has 1 rings (SSSR count). The number of nitrogens with zero attached hydrogens (tertiary/aromatic N) is 1. The molecular formula is C13H18BrN3O3. The standard InChI is InChI=1S/C13H18BrN3O3/c1-3-17(2)8-7-15-13(20)16-11-9(12(18)19)5-4-6-10(11)14/h4-6H,3,7-8H2,1-2H3,(H,18,19)(H2,15,16,20). The molecule has 1 aromatic carbocycles. The van der Waals surface area contributed by atoms with Gasteiger partial charge in [-0.1, -0.05) is 13.0 Å². The molecule has 0 saturated heterocycles. The molecule has 0 heterocycles. The van der Waals surface area contributed by atoms with Gasteiger partial charge in [0.1, 0.15) is 0 Å². The number of carboxylic acid groups (broad SMARTS) is 1. The summed E-state index contributed by atoms with van der Waals surface area (Å²) in [6.45, 7) is 4.14. The van der Waals surface area contributed by atoms with Crippen LogP contribution in [0.3, 0.4) is 0 Å². The summed E-state index contributed by atoms with van der Waals surface area (Å²) in [6.07, 6.45) is 0. The van der Waals surface area contributed by atoms with Crippen LogP contribution in [0.5, 0.6) is 0 Å². The van der Waals surface area contributed by atoms with Crippen LogP contribution in [0.2, 0.25) is 0 Å². The number of anilines is 1. The second-order valence-corrected chi connectivity index (χ2v) is 5.10. The molecule has 20 heavy (non-hydrogen) atoms. The SMILES string of the molecule is CCN(C)CCNC(=O)Nc1c(Br)cccc1C(=O)O. The number of urea groups is 1. The normalized spacial score (nSPS) is 10.4. The molecule has 0 aromatic heterocycles. The molecule has 2 amide bonds. The number of carbonyl (C=O) groups is 2. The molecule has 0 saturated carbocycles. The summed E-state index contributed by atoms with van der Waals surface area (Å²) in [5.41, 5.74) is 0.293. The van der Waals surface area contributed by atoms with E-state index >= 15 is 0 Å². The van der Waals surface area contributed by atoms with Crippen molar-refractivity contribution >= 4 is 33.6 Å². The number of nitrogens with one attached hydrogen (secondary N) is 2. The first-order valence-electron chi connectivity index (χ1n) is 6.21. The van der Waals surface area contributed by atoms with Gasteiger partial charge in [0.2, 0.25) is 0 Å². The molecule has 0 spiro atoms. The zero-order valence-electron chi connectivity index (χ0n) is 11.4. The molecule has 110 valence electrons. The molecule has 0 aliphatic carbocycles. The Labute approximate surface area is 126 Å². The van der Waals surface area contributed by atoms with Gasteiger partial charge >= 0.3 is 12.0 Å². The second-order valence-electron chi connectivity index (χ2n) is 4.24. The predicted molar refractivity (Wildman–Crippen MR) is 81.3 cm³/mol. The second kappa shape index (κ2) is 7.86. The molecule has 0 aliphatic rings. The number of para-hydroxylation sites is 1. The van der Waals surface area contributed by atoms with Crippen LogP contribution < -0.4 is 10.6 Å². The number of rotatable bonds is 6. The summed E-state index contributed by atoms with van der Waals surface area (Å²) in [5, 5.41) is 14.3. The lowest BCUT2D eigenvalue weighted by atomic mass is 10.2. The number of hydrogen-bond acceptors (Lipinski definition) is 3. The van der Waals surface area contributed by atoms with Crippen molar-refractivity contribution < 1.29 is 14.7 Å². The number of benzene rings is 1. The summed E-state index contributed by atoms with van der Waals surface area (Å²) in [4.78, 5) is 24.9.